The van der Waals surface area contributed by atoms with E-state index in [0.29, 0.717) is 0 Å². The number of nitrogen functional groups attached to an aromatic ring is 1. The number of benzene rings is 1. The van der Waals surface area contributed by atoms with Gasteiger partial charge in [0.25, 0.3) is 0 Å². The quantitative estimate of drug-likeness (QED) is 0.746. The van der Waals surface area contributed by atoms with Crippen LogP contribution < -0.4 is 5.73 Å². The zero-order chi connectivity index (χ0) is 11.8. The molecule has 0 amide bonds. The van der Waals surface area contributed by atoms with Crippen LogP contribution in [0.25, 0.3) is 16.9 Å². The summed E-state index contributed by atoms with van der Waals surface area (Å²) in [6.07, 6.45) is 3.84. The number of pyridine rings is 1. The van der Waals surface area contributed by atoms with Crippen LogP contribution in [0.5, 0.6) is 0 Å². The molecule has 0 aliphatic heterocycles. The molecule has 84 valence electrons. The Morgan fingerprint density at radius 1 is 1.06 bits per heavy atom. The minimum atomic E-state index is 0.730. The molecule has 2 heterocycles. The molecule has 4 heteroatoms. The van der Waals surface area contributed by atoms with Gasteiger partial charge in [0, 0.05) is 28.1 Å². The topological polar surface area (TPSA) is 43.3 Å². The highest BCUT2D eigenvalue weighted by Gasteiger charge is 2.06. The highest BCUT2D eigenvalue weighted by atomic mass is 79.9. The van der Waals surface area contributed by atoms with Crippen LogP contribution in [0.2, 0.25) is 0 Å². The number of imidazole rings is 1. The molecule has 0 atom stereocenters. The molecule has 0 aliphatic carbocycles. The van der Waals surface area contributed by atoms with Crippen molar-refractivity contribution in [1.82, 2.24) is 9.38 Å². The van der Waals surface area contributed by atoms with Crippen LogP contribution >= 0.6 is 15.9 Å². The van der Waals surface area contributed by atoms with E-state index in [1.54, 1.807) is 0 Å². The molecule has 0 unspecified atom stereocenters. The summed E-state index contributed by atoms with van der Waals surface area (Å²) in [5.41, 5.74) is 9.38. The molecule has 3 aromatic rings. The lowest BCUT2D eigenvalue weighted by Crippen LogP contribution is -1.88. The standard InChI is InChI=1S/C13H10BrN3/c14-11-4-2-1-3-10(11)12-8-17-7-9(15)5-6-13(17)16-12/h1-8H,15H2. The molecular formula is C13H10BrN3. The van der Waals surface area contributed by atoms with Gasteiger partial charge >= 0.3 is 0 Å². The van der Waals surface area contributed by atoms with E-state index in [1.807, 2.05) is 53.2 Å². The number of nitrogens with two attached hydrogens (primary N) is 1. The third-order valence-corrected chi connectivity index (χ3v) is 3.32. The van der Waals surface area contributed by atoms with Crippen molar-refractivity contribution in [2.75, 3.05) is 5.73 Å². The average Bonchev–Trinajstić information content (AvgIpc) is 2.72. The number of nitrogens with zero attached hydrogens (tertiary/aromatic N) is 2. The maximum atomic E-state index is 5.74. The Morgan fingerprint density at radius 2 is 1.88 bits per heavy atom. The van der Waals surface area contributed by atoms with Gasteiger partial charge in [0.2, 0.25) is 0 Å². The van der Waals surface area contributed by atoms with Crippen molar-refractivity contribution in [2.45, 2.75) is 0 Å². The average molecular weight is 288 g/mol. The van der Waals surface area contributed by atoms with Gasteiger partial charge in [-0.15, -0.1) is 0 Å². The Hall–Kier alpha value is -1.81. The summed E-state index contributed by atoms with van der Waals surface area (Å²) in [6, 6.07) is 11.8. The van der Waals surface area contributed by atoms with Gasteiger partial charge in [-0.25, -0.2) is 4.98 Å². The molecule has 0 fully saturated rings. The zero-order valence-corrected chi connectivity index (χ0v) is 10.6. The summed E-state index contributed by atoms with van der Waals surface area (Å²) in [7, 11) is 0. The Kier molecular flexibility index (Phi) is 2.37. The van der Waals surface area contributed by atoms with Crippen molar-refractivity contribution in [3.05, 3.63) is 53.3 Å². The van der Waals surface area contributed by atoms with Gasteiger partial charge in [0.05, 0.1) is 5.69 Å². The molecule has 2 aromatic heterocycles. The maximum Gasteiger partial charge on any atom is 0.137 e. The van der Waals surface area contributed by atoms with E-state index in [9.17, 15) is 0 Å². The molecule has 0 saturated carbocycles. The summed E-state index contributed by atoms with van der Waals surface area (Å²) < 4.78 is 2.97. The second-order valence-corrected chi connectivity index (χ2v) is 4.69. The fourth-order valence-electron chi connectivity index (χ4n) is 1.81. The first-order chi connectivity index (χ1) is 8.24. The summed E-state index contributed by atoms with van der Waals surface area (Å²) in [5, 5.41) is 0. The Labute approximate surface area is 107 Å². The summed E-state index contributed by atoms with van der Waals surface area (Å²) in [6.45, 7) is 0. The summed E-state index contributed by atoms with van der Waals surface area (Å²) in [5.74, 6) is 0. The predicted molar refractivity (Wildman–Crippen MR) is 72.7 cm³/mol. The van der Waals surface area contributed by atoms with Crippen LogP contribution in [-0.2, 0) is 0 Å². The number of anilines is 1. The van der Waals surface area contributed by atoms with E-state index >= 15 is 0 Å². The summed E-state index contributed by atoms with van der Waals surface area (Å²) >= 11 is 3.53. The second-order valence-electron chi connectivity index (χ2n) is 3.83. The number of halogens is 1. The summed E-state index contributed by atoms with van der Waals surface area (Å²) in [4.78, 5) is 4.56. The SMILES string of the molecule is Nc1ccc2nc(-c3ccccc3Br)cn2c1. The molecule has 3 rings (SSSR count). The van der Waals surface area contributed by atoms with E-state index in [0.717, 1.165) is 27.1 Å². The largest absolute Gasteiger partial charge is 0.398 e. The Balaban J connectivity index is 2.22. The van der Waals surface area contributed by atoms with Crippen LogP contribution in [0.3, 0.4) is 0 Å². The lowest BCUT2D eigenvalue weighted by molar-refractivity contribution is 1.19. The van der Waals surface area contributed by atoms with E-state index in [4.69, 9.17) is 5.73 Å². The molecular weight excluding hydrogens is 278 g/mol. The minimum Gasteiger partial charge on any atom is -0.398 e. The van der Waals surface area contributed by atoms with Crippen LogP contribution in [-0.4, -0.2) is 9.38 Å². The van der Waals surface area contributed by atoms with E-state index in [2.05, 4.69) is 20.9 Å². The number of hydrogen-bond donors (Lipinski definition) is 1. The van der Waals surface area contributed by atoms with Gasteiger partial charge in [0.15, 0.2) is 0 Å². The first kappa shape index (κ1) is 10.4. The van der Waals surface area contributed by atoms with Gasteiger partial charge in [0.1, 0.15) is 5.65 Å². The van der Waals surface area contributed by atoms with Crippen molar-refractivity contribution in [1.29, 1.82) is 0 Å². The third kappa shape index (κ3) is 1.80. The first-order valence-electron chi connectivity index (χ1n) is 5.23. The van der Waals surface area contributed by atoms with Gasteiger partial charge in [-0.1, -0.05) is 34.1 Å². The first-order valence-corrected chi connectivity index (χ1v) is 6.02. The molecule has 0 saturated heterocycles. The molecule has 1 aromatic carbocycles. The van der Waals surface area contributed by atoms with Crippen molar-refractivity contribution in [2.24, 2.45) is 0 Å². The normalized spacial score (nSPS) is 10.9. The molecule has 0 spiro atoms. The van der Waals surface area contributed by atoms with Crippen LogP contribution in [0.15, 0.2) is 53.3 Å². The molecule has 0 bridgehead atoms. The fourth-order valence-corrected chi connectivity index (χ4v) is 2.30. The second kappa shape index (κ2) is 3.89. The van der Waals surface area contributed by atoms with Crippen LogP contribution in [0.4, 0.5) is 5.69 Å². The lowest BCUT2D eigenvalue weighted by Gasteiger charge is -1.98. The van der Waals surface area contributed by atoms with E-state index in [1.165, 1.54) is 0 Å². The van der Waals surface area contributed by atoms with Crippen molar-refractivity contribution in [3.63, 3.8) is 0 Å². The number of hydrogen-bond acceptors (Lipinski definition) is 2. The predicted octanol–water partition coefficient (Wildman–Crippen LogP) is 3.35. The highest BCUT2D eigenvalue weighted by molar-refractivity contribution is 9.10. The van der Waals surface area contributed by atoms with Crippen molar-refractivity contribution < 1.29 is 0 Å². The van der Waals surface area contributed by atoms with Crippen molar-refractivity contribution >= 4 is 27.3 Å². The monoisotopic (exact) mass is 287 g/mol. The Bertz CT molecular complexity index is 688. The minimum absolute atomic E-state index is 0.730. The molecule has 17 heavy (non-hydrogen) atoms. The highest BCUT2D eigenvalue weighted by Crippen LogP contribution is 2.27. The molecule has 2 N–H and O–H groups in total. The van der Waals surface area contributed by atoms with Crippen LogP contribution in [0, 0.1) is 0 Å². The fraction of sp³-hybridized carbons (Fsp3) is 0. The van der Waals surface area contributed by atoms with Crippen LogP contribution in [0.1, 0.15) is 0 Å². The van der Waals surface area contributed by atoms with Gasteiger partial charge in [-0.3, -0.25) is 0 Å². The molecule has 0 radical (unpaired) electrons. The number of rotatable bonds is 1. The smallest absolute Gasteiger partial charge is 0.137 e. The van der Waals surface area contributed by atoms with Crippen molar-refractivity contribution in [3.8, 4) is 11.3 Å². The lowest BCUT2D eigenvalue weighted by atomic mass is 10.2. The van der Waals surface area contributed by atoms with Gasteiger partial charge in [-0.05, 0) is 18.2 Å². The Morgan fingerprint density at radius 3 is 2.71 bits per heavy atom. The maximum absolute atomic E-state index is 5.74. The zero-order valence-electron chi connectivity index (χ0n) is 8.97. The van der Waals surface area contributed by atoms with Gasteiger partial charge in [-0.2, -0.15) is 0 Å². The molecule has 3 nitrogen and oxygen atoms in total. The van der Waals surface area contributed by atoms with E-state index < -0.39 is 0 Å². The van der Waals surface area contributed by atoms with E-state index in [-0.39, 0.29) is 0 Å². The van der Waals surface area contributed by atoms with Gasteiger partial charge < -0.3 is 10.1 Å². The number of aromatic nitrogens is 2. The third-order valence-electron chi connectivity index (χ3n) is 2.62. The molecule has 0 aliphatic rings. The number of fused-ring (bicyclic) bond motifs is 1.